The summed E-state index contributed by atoms with van der Waals surface area (Å²) in [7, 11) is 0. The van der Waals surface area contributed by atoms with Crippen LogP contribution in [0.5, 0.6) is 11.5 Å². The first-order valence-corrected chi connectivity index (χ1v) is 6.44. The normalized spacial score (nSPS) is 16.2. The first-order chi connectivity index (χ1) is 9.65. The van der Waals surface area contributed by atoms with Crippen molar-refractivity contribution in [3.63, 3.8) is 0 Å². The van der Waals surface area contributed by atoms with Gasteiger partial charge in [0.25, 0.3) is 0 Å². The van der Waals surface area contributed by atoms with E-state index in [4.69, 9.17) is 21.1 Å². The third kappa shape index (κ3) is 2.32. The Morgan fingerprint density at radius 1 is 1.40 bits per heavy atom. The molecule has 3 amide bonds. The van der Waals surface area contributed by atoms with E-state index in [-0.39, 0.29) is 25.3 Å². The first kappa shape index (κ1) is 12.9. The Morgan fingerprint density at radius 2 is 2.15 bits per heavy atom. The maximum Gasteiger partial charge on any atom is 0.324 e. The van der Waals surface area contributed by atoms with E-state index in [2.05, 4.69) is 10.6 Å². The minimum absolute atomic E-state index is 0.0210. The zero-order valence-corrected chi connectivity index (χ0v) is 11.2. The number of fused-ring (bicyclic) bond motifs is 1. The van der Waals surface area contributed by atoms with Crippen molar-refractivity contribution in [2.45, 2.75) is 0 Å². The minimum atomic E-state index is -0.367. The number of amides is 3. The summed E-state index contributed by atoms with van der Waals surface area (Å²) in [6.45, 7) is 0.998. The Balaban J connectivity index is 1.66. The van der Waals surface area contributed by atoms with Crippen molar-refractivity contribution in [3.05, 3.63) is 17.2 Å². The van der Waals surface area contributed by atoms with Crippen LogP contribution in [0.4, 0.5) is 10.5 Å². The van der Waals surface area contributed by atoms with Crippen LogP contribution in [0.15, 0.2) is 12.1 Å². The van der Waals surface area contributed by atoms with Crippen molar-refractivity contribution in [1.29, 1.82) is 0 Å². The van der Waals surface area contributed by atoms with Crippen LogP contribution in [0.25, 0.3) is 0 Å². The lowest BCUT2D eigenvalue weighted by Crippen LogP contribution is -2.38. The van der Waals surface area contributed by atoms with Gasteiger partial charge in [0.15, 0.2) is 11.5 Å². The molecule has 2 N–H and O–H groups in total. The van der Waals surface area contributed by atoms with Crippen LogP contribution in [0.3, 0.4) is 0 Å². The van der Waals surface area contributed by atoms with Gasteiger partial charge in [0.05, 0.1) is 17.3 Å². The molecule has 7 nitrogen and oxygen atoms in total. The summed E-state index contributed by atoms with van der Waals surface area (Å²) in [6, 6.07) is 2.93. The molecule has 2 aliphatic rings. The van der Waals surface area contributed by atoms with Crippen molar-refractivity contribution >= 4 is 29.2 Å². The molecule has 0 radical (unpaired) electrons. The summed E-state index contributed by atoms with van der Waals surface area (Å²) in [4.78, 5) is 24.4. The van der Waals surface area contributed by atoms with Gasteiger partial charge in [0.2, 0.25) is 12.7 Å². The summed E-state index contributed by atoms with van der Waals surface area (Å²) in [5, 5.41) is 5.89. The van der Waals surface area contributed by atoms with E-state index in [0.29, 0.717) is 35.3 Å². The van der Waals surface area contributed by atoms with Gasteiger partial charge in [-0.1, -0.05) is 11.6 Å². The van der Waals surface area contributed by atoms with Crippen LogP contribution in [0.2, 0.25) is 5.02 Å². The van der Waals surface area contributed by atoms with Crippen LogP contribution in [-0.2, 0) is 4.79 Å². The summed E-state index contributed by atoms with van der Waals surface area (Å²) in [5.74, 6) is 0.836. The quantitative estimate of drug-likeness (QED) is 0.871. The summed E-state index contributed by atoms with van der Waals surface area (Å²) in [5.41, 5.74) is 0.559. The Kier molecular flexibility index (Phi) is 3.27. The fraction of sp³-hybridized carbons (Fsp3) is 0.333. The number of imide groups is 1. The fourth-order valence-electron chi connectivity index (χ4n) is 2.03. The molecule has 20 heavy (non-hydrogen) atoms. The van der Waals surface area contributed by atoms with E-state index in [1.165, 1.54) is 0 Å². The van der Waals surface area contributed by atoms with E-state index in [1.807, 2.05) is 0 Å². The molecule has 1 fully saturated rings. The molecule has 0 saturated carbocycles. The number of rotatable bonds is 3. The molecule has 2 aliphatic heterocycles. The highest BCUT2D eigenvalue weighted by Crippen LogP contribution is 2.39. The molecule has 0 spiro atoms. The second kappa shape index (κ2) is 5.09. The molecule has 1 aromatic rings. The molecule has 0 aromatic heterocycles. The predicted molar refractivity (Wildman–Crippen MR) is 71.2 cm³/mol. The molecule has 2 heterocycles. The fourth-order valence-corrected chi connectivity index (χ4v) is 2.25. The molecule has 106 valence electrons. The van der Waals surface area contributed by atoms with Crippen molar-refractivity contribution in [2.24, 2.45) is 0 Å². The number of carbonyl (C=O) groups excluding carboxylic acids is 2. The van der Waals surface area contributed by atoms with Crippen LogP contribution in [0.1, 0.15) is 0 Å². The van der Waals surface area contributed by atoms with Crippen LogP contribution >= 0.6 is 11.6 Å². The second-order valence-corrected chi connectivity index (χ2v) is 4.72. The molecular weight excluding hydrogens is 286 g/mol. The molecule has 8 heteroatoms. The van der Waals surface area contributed by atoms with Crippen molar-refractivity contribution in [3.8, 4) is 11.5 Å². The second-order valence-electron chi connectivity index (χ2n) is 4.32. The topological polar surface area (TPSA) is 79.9 Å². The molecule has 3 rings (SSSR count). The molecule has 0 aliphatic carbocycles. The number of urea groups is 1. The molecule has 1 aromatic carbocycles. The Labute approximate surface area is 119 Å². The van der Waals surface area contributed by atoms with Gasteiger partial charge in [-0.25, -0.2) is 4.79 Å². The van der Waals surface area contributed by atoms with E-state index in [0.717, 1.165) is 4.90 Å². The van der Waals surface area contributed by atoms with Gasteiger partial charge in [-0.2, -0.15) is 0 Å². The molecule has 0 unspecified atom stereocenters. The van der Waals surface area contributed by atoms with Gasteiger partial charge in [-0.05, 0) is 0 Å². The number of halogens is 1. The third-order valence-corrected chi connectivity index (χ3v) is 3.36. The molecule has 1 saturated heterocycles. The molecule has 0 atom stereocenters. The van der Waals surface area contributed by atoms with E-state index in [1.54, 1.807) is 12.1 Å². The van der Waals surface area contributed by atoms with Gasteiger partial charge >= 0.3 is 6.03 Å². The van der Waals surface area contributed by atoms with Crippen LogP contribution in [-0.4, -0.2) is 43.3 Å². The largest absolute Gasteiger partial charge is 0.454 e. The molecular formula is C12H12ClN3O4. The number of ether oxygens (including phenoxy) is 2. The summed E-state index contributed by atoms with van der Waals surface area (Å²) in [6.07, 6.45) is 0. The summed E-state index contributed by atoms with van der Waals surface area (Å²) < 4.78 is 10.4. The number of nitrogens with zero attached hydrogens (tertiary/aromatic N) is 1. The Bertz CT molecular complexity index is 578. The van der Waals surface area contributed by atoms with Gasteiger partial charge < -0.3 is 20.1 Å². The van der Waals surface area contributed by atoms with Gasteiger partial charge in [0.1, 0.15) is 0 Å². The van der Waals surface area contributed by atoms with Gasteiger partial charge in [0, 0.05) is 25.2 Å². The number of anilines is 1. The number of nitrogens with one attached hydrogen (secondary N) is 2. The monoisotopic (exact) mass is 297 g/mol. The number of carbonyl (C=O) groups is 2. The number of benzene rings is 1. The highest BCUT2D eigenvalue weighted by atomic mass is 35.5. The average molecular weight is 298 g/mol. The first-order valence-electron chi connectivity index (χ1n) is 6.06. The third-order valence-electron chi connectivity index (χ3n) is 3.05. The Hall–Kier alpha value is -2.15. The average Bonchev–Trinajstić information content (AvgIpc) is 3.04. The lowest BCUT2D eigenvalue weighted by atomic mass is 10.2. The maximum atomic E-state index is 11.9. The van der Waals surface area contributed by atoms with Gasteiger partial charge in [-0.3, -0.25) is 9.69 Å². The number of hydrogen-bond donors (Lipinski definition) is 2. The maximum absolute atomic E-state index is 11.9. The highest BCUT2D eigenvalue weighted by Gasteiger charge is 2.26. The summed E-state index contributed by atoms with van der Waals surface area (Å²) >= 11 is 6.08. The van der Waals surface area contributed by atoms with E-state index < -0.39 is 0 Å². The van der Waals surface area contributed by atoms with Gasteiger partial charge in [-0.15, -0.1) is 0 Å². The lowest BCUT2D eigenvalue weighted by molar-refractivity contribution is -0.125. The SMILES string of the molecule is O=C(CNc1cc2c(cc1Cl)OCO2)N1CCNC1=O. The van der Waals surface area contributed by atoms with Crippen molar-refractivity contribution in [1.82, 2.24) is 10.2 Å². The zero-order valence-electron chi connectivity index (χ0n) is 10.4. The standard InChI is InChI=1S/C12H12ClN3O4/c13-7-3-9-10(20-6-19-9)4-8(7)15-5-11(17)16-2-1-14-12(16)18/h3-4,15H,1-2,5-6H2,(H,14,18). The Morgan fingerprint density at radius 3 is 2.85 bits per heavy atom. The predicted octanol–water partition coefficient (Wildman–Crippen LogP) is 1.03. The number of hydrogen-bond acceptors (Lipinski definition) is 5. The zero-order chi connectivity index (χ0) is 14.1. The minimum Gasteiger partial charge on any atom is -0.454 e. The van der Waals surface area contributed by atoms with E-state index >= 15 is 0 Å². The molecule has 0 bridgehead atoms. The van der Waals surface area contributed by atoms with E-state index in [9.17, 15) is 9.59 Å². The van der Waals surface area contributed by atoms with Crippen LogP contribution in [0, 0.1) is 0 Å². The smallest absolute Gasteiger partial charge is 0.324 e. The van der Waals surface area contributed by atoms with Crippen molar-refractivity contribution in [2.75, 3.05) is 31.7 Å². The van der Waals surface area contributed by atoms with Crippen molar-refractivity contribution < 1.29 is 19.1 Å². The highest BCUT2D eigenvalue weighted by molar-refractivity contribution is 6.33. The van der Waals surface area contributed by atoms with Crippen LogP contribution < -0.4 is 20.1 Å². The lowest BCUT2D eigenvalue weighted by Gasteiger charge is -2.14.